The van der Waals surface area contributed by atoms with E-state index in [1.165, 1.54) is 19.2 Å². The van der Waals surface area contributed by atoms with Gasteiger partial charge in [0.1, 0.15) is 12.4 Å². The van der Waals surface area contributed by atoms with E-state index in [1.54, 1.807) is 30.3 Å². The van der Waals surface area contributed by atoms with E-state index in [-0.39, 0.29) is 6.61 Å². The van der Waals surface area contributed by atoms with Crippen molar-refractivity contribution in [2.24, 2.45) is 0 Å². The highest BCUT2D eigenvalue weighted by Gasteiger charge is 2.12. The Labute approximate surface area is 148 Å². The molecule has 0 aromatic heterocycles. The fraction of sp³-hybridized carbons (Fsp3) is 0.105. The van der Waals surface area contributed by atoms with Crippen molar-refractivity contribution < 1.29 is 13.9 Å². The maximum atomic E-state index is 13.4. The number of allylic oxidation sites excluding steroid dienone is 1. The summed E-state index contributed by atoms with van der Waals surface area (Å²) in [5, 5.41) is 9.37. The van der Waals surface area contributed by atoms with Gasteiger partial charge < -0.3 is 9.47 Å². The predicted molar refractivity (Wildman–Crippen MR) is 94.9 cm³/mol. The van der Waals surface area contributed by atoms with Crippen LogP contribution in [-0.2, 0) is 0 Å². The molecule has 0 fully saturated rings. The molecule has 0 aliphatic carbocycles. The Morgan fingerprint density at radius 1 is 1.38 bits per heavy atom. The van der Waals surface area contributed by atoms with Gasteiger partial charge in [0.2, 0.25) is 0 Å². The first-order chi connectivity index (χ1) is 11.6. The van der Waals surface area contributed by atoms with Crippen LogP contribution in [0.5, 0.6) is 11.5 Å². The Morgan fingerprint density at radius 2 is 2.17 bits per heavy atom. The third-order valence-corrected chi connectivity index (χ3v) is 3.71. The number of terminal acetylenes is 1. The normalized spacial score (nSPS) is 10.6. The lowest BCUT2D eigenvalue weighted by atomic mass is 10.0. The van der Waals surface area contributed by atoms with Gasteiger partial charge in [-0.25, -0.2) is 4.39 Å². The number of methoxy groups -OCH3 is 1. The molecule has 2 aromatic rings. The zero-order valence-electron chi connectivity index (χ0n) is 12.8. The van der Waals surface area contributed by atoms with Gasteiger partial charge >= 0.3 is 0 Å². The van der Waals surface area contributed by atoms with E-state index < -0.39 is 5.82 Å². The Hall–Kier alpha value is -2.76. The molecule has 0 aliphatic rings. The molecule has 0 saturated heterocycles. The molecular weight excluding hydrogens is 373 g/mol. The van der Waals surface area contributed by atoms with Gasteiger partial charge in [-0.1, -0.05) is 18.1 Å². The lowest BCUT2D eigenvalue weighted by molar-refractivity contribution is 0.329. The van der Waals surface area contributed by atoms with Crippen molar-refractivity contribution in [3.63, 3.8) is 0 Å². The lowest BCUT2D eigenvalue weighted by Gasteiger charge is -2.12. The van der Waals surface area contributed by atoms with Crippen LogP contribution in [0, 0.1) is 29.5 Å². The van der Waals surface area contributed by atoms with Crippen LogP contribution in [0.3, 0.4) is 0 Å². The minimum absolute atomic E-state index is 0.108. The van der Waals surface area contributed by atoms with E-state index in [2.05, 4.69) is 27.9 Å². The summed E-state index contributed by atoms with van der Waals surface area (Å²) >= 11 is 3.40. The molecule has 0 spiro atoms. The predicted octanol–water partition coefficient (Wildman–Crippen LogP) is 4.67. The monoisotopic (exact) mass is 385 g/mol. The standard InChI is InChI=1S/C19H13BrFNO2/c1-3-7-24-19-17(20)9-13(10-18(19)23-2)8-15(12-22)14-5-4-6-16(21)11-14/h1,4-6,8-11H,7H2,2H3/b15-8-. The second-order valence-electron chi connectivity index (χ2n) is 4.71. The van der Waals surface area contributed by atoms with E-state index in [9.17, 15) is 9.65 Å². The third kappa shape index (κ3) is 4.16. The first-order valence-electron chi connectivity index (χ1n) is 6.90. The van der Waals surface area contributed by atoms with Gasteiger partial charge in [-0.15, -0.1) is 6.42 Å². The molecule has 0 aliphatic heterocycles. The number of nitriles is 1. The summed E-state index contributed by atoms with van der Waals surface area (Å²) in [5.41, 5.74) is 1.54. The molecule has 0 N–H and O–H groups in total. The highest BCUT2D eigenvalue weighted by Crippen LogP contribution is 2.37. The molecule has 3 nitrogen and oxygen atoms in total. The Kier molecular flexibility index (Phi) is 6.01. The highest BCUT2D eigenvalue weighted by molar-refractivity contribution is 9.10. The molecule has 0 radical (unpaired) electrons. The molecule has 0 atom stereocenters. The summed E-state index contributed by atoms with van der Waals surface area (Å²) in [4.78, 5) is 0. The SMILES string of the molecule is C#CCOc1c(Br)cc(/C=C(/C#N)c2cccc(F)c2)cc1OC. The summed E-state index contributed by atoms with van der Waals surface area (Å²) in [7, 11) is 1.51. The summed E-state index contributed by atoms with van der Waals surface area (Å²) < 4.78 is 24.8. The Morgan fingerprint density at radius 3 is 2.79 bits per heavy atom. The molecule has 0 unspecified atom stereocenters. The smallest absolute Gasteiger partial charge is 0.176 e. The molecule has 5 heteroatoms. The van der Waals surface area contributed by atoms with Crippen LogP contribution < -0.4 is 9.47 Å². The van der Waals surface area contributed by atoms with Crippen LogP contribution in [0.4, 0.5) is 4.39 Å². The molecule has 2 rings (SSSR count). The number of nitrogens with zero attached hydrogens (tertiary/aromatic N) is 1. The van der Waals surface area contributed by atoms with Gasteiger partial charge in [-0.2, -0.15) is 5.26 Å². The summed E-state index contributed by atoms with van der Waals surface area (Å²) in [6, 6.07) is 11.4. The first-order valence-corrected chi connectivity index (χ1v) is 7.70. The van der Waals surface area contributed by atoms with Crippen molar-refractivity contribution in [1.29, 1.82) is 5.26 Å². The summed E-state index contributed by atoms with van der Waals surface area (Å²) in [6.07, 6.45) is 6.85. The molecule has 24 heavy (non-hydrogen) atoms. The molecular formula is C19H13BrFNO2. The van der Waals surface area contributed by atoms with Crippen molar-refractivity contribution in [3.05, 3.63) is 57.8 Å². The quantitative estimate of drug-likeness (QED) is 0.426. The van der Waals surface area contributed by atoms with Crippen LogP contribution in [0.15, 0.2) is 40.9 Å². The minimum Gasteiger partial charge on any atom is -0.493 e. The zero-order valence-corrected chi connectivity index (χ0v) is 14.4. The molecule has 120 valence electrons. The number of benzene rings is 2. The topological polar surface area (TPSA) is 42.2 Å². The number of halogens is 2. The van der Waals surface area contributed by atoms with E-state index in [4.69, 9.17) is 15.9 Å². The number of rotatable bonds is 5. The maximum Gasteiger partial charge on any atom is 0.176 e. The third-order valence-electron chi connectivity index (χ3n) is 3.12. The largest absolute Gasteiger partial charge is 0.493 e. The molecule has 0 bridgehead atoms. The van der Waals surface area contributed by atoms with Crippen LogP contribution >= 0.6 is 15.9 Å². The summed E-state index contributed by atoms with van der Waals surface area (Å²) in [5.74, 6) is 2.95. The Balaban J connectivity index is 2.46. The fourth-order valence-electron chi connectivity index (χ4n) is 2.08. The van der Waals surface area contributed by atoms with Crippen molar-refractivity contribution in [1.82, 2.24) is 0 Å². The fourth-order valence-corrected chi connectivity index (χ4v) is 2.65. The van der Waals surface area contributed by atoms with Crippen LogP contribution in [0.2, 0.25) is 0 Å². The highest BCUT2D eigenvalue weighted by atomic mass is 79.9. The number of hydrogen-bond donors (Lipinski definition) is 0. The number of ether oxygens (including phenoxy) is 2. The maximum absolute atomic E-state index is 13.4. The van der Waals surface area contributed by atoms with Gasteiger partial charge in [0.05, 0.1) is 23.2 Å². The molecule has 2 aromatic carbocycles. The van der Waals surface area contributed by atoms with E-state index >= 15 is 0 Å². The zero-order chi connectivity index (χ0) is 17.5. The van der Waals surface area contributed by atoms with Crippen LogP contribution in [-0.4, -0.2) is 13.7 Å². The molecule has 0 heterocycles. The van der Waals surface area contributed by atoms with Gasteiger partial charge in [-0.05, 0) is 57.4 Å². The molecule has 0 saturated carbocycles. The van der Waals surface area contributed by atoms with Crippen molar-refractivity contribution in [2.75, 3.05) is 13.7 Å². The molecule has 0 amide bonds. The second-order valence-corrected chi connectivity index (χ2v) is 5.56. The van der Waals surface area contributed by atoms with E-state index in [1.807, 2.05) is 0 Å². The minimum atomic E-state index is -0.398. The van der Waals surface area contributed by atoms with Gasteiger partial charge in [0.15, 0.2) is 11.5 Å². The van der Waals surface area contributed by atoms with Gasteiger partial charge in [0.25, 0.3) is 0 Å². The number of hydrogen-bond acceptors (Lipinski definition) is 3. The van der Waals surface area contributed by atoms with Crippen molar-refractivity contribution in [2.45, 2.75) is 0 Å². The first kappa shape index (κ1) is 17.6. The van der Waals surface area contributed by atoms with Crippen LogP contribution in [0.25, 0.3) is 11.6 Å². The average molecular weight is 386 g/mol. The lowest BCUT2D eigenvalue weighted by Crippen LogP contribution is -1.98. The van der Waals surface area contributed by atoms with Crippen molar-refractivity contribution >= 4 is 27.6 Å². The van der Waals surface area contributed by atoms with Crippen LogP contribution in [0.1, 0.15) is 11.1 Å². The van der Waals surface area contributed by atoms with E-state index in [0.29, 0.717) is 32.7 Å². The average Bonchev–Trinajstić information content (AvgIpc) is 2.58. The van der Waals surface area contributed by atoms with Gasteiger partial charge in [0, 0.05) is 0 Å². The summed E-state index contributed by atoms with van der Waals surface area (Å²) in [6.45, 7) is 0.108. The van der Waals surface area contributed by atoms with E-state index in [0.717, 1.165) is 0 Å². The Bertz CT molecular complexity index is 863. The second kappa shape index (κ2) is 8.19. The van der Waals surface area contributed by atoms with Gasteiger partial charge in [-0.3, -0.25) is 0 Å². The van der Waals surface area contributed by atoms with Crippen molar-refractivity contribution in [3.8, 4) is 29.9 Å².